The predicted molar refractivity (Wildman–Crippen MR) is 107 cm³/mol. The Labute approximate surface area is 164 Å². The molecule has 6 nitrogen and oxygen atoms in total. The Balaban J connectivity index is 1.51. The standard InChI is InChI=1S/C22H23N3O3/c1-27-19-8-6-17(21(12-19)28-2)7-10-22(26)25-14-16-5-9-20(24-13-16)18-4-3-11-23-15-18/h3-6,8-9,11-13,15H,7,10,14H2,1-2H3,(H,25,26). The number of hydrogen-bond acceptors (Lipinski definition) is 5. The van der Waals surface area contributed by atoms with Crippen molar-refractivity contribution in [3.8, 4) is 22.8 Å². The van der Waals surface area contributed by atoms with Crippen LogP contribution >= 0.6 is 0 Å². The lowest BCUT2D eigenvalue weighted by Gasteiger charge is -2.10. The van der Waals surface area contributed by atoms with E-state index in [0.717, 1.165) is 33.9 Å². The molecule has 144 valence electrons. The summed E-state index contributed by atoms with van der Waals surface area (Å²) in [6, 6.07) is 13.3. The molecule has 0 aliphatic carbocycles. The molecule has 2 heterocycles. The number of carbonyl (C=O) groups excluding carboxylic acids is 1. The smallest absolute Gasteiger partial charge is 0.220 e. The van der Waals surface area contributed by atoms with E-state index in [1.807, 2.05) is 42.5 Å². The number of rotatable bonds is 8. The second-order valence-electron chi connectivity index (χ2n) is 6.25. The van der Waals surface area contributed by atoms with E-state index in [1.54, 1.807) is 32.8 Å². The molecule has 1 N–H and O–H groups in total. The molecule has 3 rings (SSSR count). The number of pyridine rings is 2. The summed E-state index contributed by atoms with van der Waals surface area (Å²) in [4.78, 5) is 20.7. The molecule has 2 aromatic heterocycles. The largest absolute Gasteiger partial charge is 0.497 e. The molecule has 0 fully saturated rings. The molecule has 0 aliphatic rings. The molecular weight excluding hydrogens is 354 g/mol. The molecule has 1 aromatic carbocycles. The van der Waals surface area contributed by atoms with Crippen molar-refractivity contribution in [1.29, 1.82) is 0 Å². The van der Waals surface area contributed by atoms with Gasteiger partial charge in [0, 0.05) is 43.2 Å². The molecule has 3 aromatic rings. The first-order valence-corrected chi connectivity index (χ1v) is 9.02. The Hall–Kier alpha value is -3.41. The minimum atomic E-state index is -0.0193. The van der Waals surface area contributed by atoms with Crippen molar-refractivity contribution in [2.45, 2.75) is 19.4 Å². The molecule has 0 aliphatic heterocycles. The lowest BCUT2D eigenvalue weighted by Crippen LogP contribution is -2.23. The fraction of sp³-hybridized carbons (Fsp3) is 0.227. The Bertz CT molecular complexity index is 912. The number of carbonyl (C=O) groups is 1. The predicted octanol–water partition coefficient (Wildman–Crippen LogP) is 3.41. The van der Waals surface area contributed by atoms with Crippen LogP contribution in [0.5, 0.6) is 11.5 Å². The highest BCUT2D eigenvalue weighted by Gasteiger charge is 2.08. The number of benzene rings is 1. The maximum Gasteiger partial charge on any atom is 0.220 e. The average molecular weight is 377 g/mol. The summed E-state index contributed by atoms with van der Waals surface area (Å²) in [5.41, 5.74) is 3.74. The van der Waals surface area contributed by atoms with Crippen molar-refractivity contribution in [2.24, 2.45) is 0 Å². The summed E-state index contributed by atoms with van der Waals surface area (Å²) in [5.74, 6) is 1.43. The maximum atomic E-state index is 12.2. The molecule has 1 amide bonds. The third-order valence-corrected chi connectivity index (χ3v) is 4.39. The van der Waals surface area contributed by atoms with Gasteiger partial charge in [-0.2, -0.15) is 0 Å². The van der Waals surface area contributed by atoms with Crippen molar-refractivity contribution in [1.82, 2.24) is 15.3 Å². The highest BCUT2D eigenvalue weighted by molar-refractivity contribution is 5.76. The van der Waals surface area contributed by atoms with Gasteiger partial charge in [0.2, 0.25) is 5.91 Å². The number of aryl methyl sites for hydroxylation is 1. The third-order valence-electron chi connectivity index (χ3n) is 4.39. The van der Waals surface area contributed by atoms with E-state index in [9.17, 15) is 4.79 Å². The highest BCUT2D eigenvalue weighted by Crippen LogP contribution is 2.25. The number of ether oxygens (including phenoxy) is 2. The van der Waals surface area contributed by atoms with Crippen molar-refractivity contribution < 1.29 is 14.3 Å². The van der Waals surface area contributed by atoms with Gasteiger partial charge in [0.25, 0.3) is 0 Å². The van der Waals surface area contributed by atoms with Crippen LogP contribution in [0, 0.1) is 0 Å². The summed E-state index contributed by atoms with van der Waals surface area (Å²) in [7, 11) is 3.22. The maximum absolute atomic E-state index is 12.2. The summed E-state index contributed by atoms with van der Waals surface area (Å²) < 4.78 is 10.6. The van der Waals surface area contributed by atoms with Crippen LogP contribution in [0.1, 0.15) is 17.5 Å². The van der Waals surface area contributed by atoms with Gasteiger partial charge in [-0.1, -0.05) is 12.1 Å². The fourth-order valence-corrected chi connectivity index (χ4v) is 2.81. The monoisotopic (exact) mass is 377 g/mol. The van der Waals surface area contributed by atoms with E-state index >= 15 is 0 Å². The molecule has 6 heteroatoms. The van der Waals surface area contributed by atoms with Crippen LogP contribution in [-0.2, 0) is 17.8 Å². The van der Waals surface area contributed by atoms with E-state index < -0.39 is 0 Å². The number of hydrogen-bond donors (Lipinski definition) is 1. The third kappa shape index (κ3) is 5.07. The molecule has 0 atom stereocenters. The van der Waals surface area contributed by atoms with E-state index in [0.29, 0.717) is 19.4 Å². The van der Waals surface area contributed by atoms with Gasteiger partial charge in [-0.05, 0) is 41.8 Å². The Morgan fingerprint density at radius 2 is 1.96 bits per heavy atom. The Kier molecular flexibility index (Phi) is 6.57. The van der Waals surface area contributed by atoms with E-state index in [1.165, 1.54) is 0 Å². The van der Waals surface area contributed by atoms with Gasteiger partial charge in [0.15, 0.2) is 0 Å². The van der Waals surface area contributed by atoms with Crippen molar-refractivity contribution in [3.63, 3.8) is 0 Å². The lowest BCUT2D eigenvalue weighted by molar-refractivity contribution is -0.121. The van der Waals surface area contributed by atoms with Gasteiger partial charge in [-0.3, -0.25) is 14.8 Å². The van der Waals surface area contributed by atoms with Crippen molar-refractivity contribution in [3.05, 3.63) is 72.2 Å². The summed E-state index contributed by atoms with van der Waals surface area (Å²) in [6.45, 7) is 0.443. The van der Waals surface area contributed by atoms with Crippen LogP contribution in [0.25, 0.3) is 11.3 Å². The minimum absolute atomic E-state index is 0.0193. The van der Waals surface area contributed by atoms with Crippen LogP contribution in [0.3, 0.4) is 0 Å². The van der Waals surface area contributed by atoms with Crippen LogP contribution in [-0.4, -0.2) is 30.1 Å². The Morgan fingerprint density at radius 3 is 2.64 bits per heavy atom. The highest BCUT2D eigenvalue weighted by atomic mass is 16.5. The normalized spacial score (nSPS) is 10.4. The topological polar surface area (TPSA) is 73.3 Å². The zero-order valence-electron chi connectivity index (χ0n) is 16.0. The fourth-order valence-electron chi connectivity index (χ4n) is 2.81. The van der Waals surface area contributed by atoms with Gasteiger partial charge in [-0.15, -0.1) is 0 Å². The molecule has 0 saturated heterocycles. The van der Waals surface area contributed by atoms with Gasteiger partial charge in [0.05, 0.1) is 19.9 Å². The number of nitrogens with zero attached hydrogens (tertiary/aromatic N) is 2. The Morgan fingerprint density at radius 1 is 1.07 bits per heavy atom. The molecular formula is C22H23N3O3. The van der Waals surface area contributed by atoms with Crippen LogP contribution in [0.2, 0.25) is 0 Å². The average Bonchev–Trinajstić information content (AvgIpc) is 2.77. The zero-order chi connectivity index (χ0) is 19.8. The summed E-state index contributed by atoms with van der Waals surface area (Å²) >= 11 is 0. The quantitative estimate of drug-likeness (QED) is 0.651. The minimum Gasteiger partial charge on any atom is -0.497 e. The summed E-state index contributed by atoms with van der Waals surface area (Å²) in [6.07, 6.45) is 6.25. The zero-order valence-corrected chi connectivity index (χ0v) is 16.0. The number of amides is 1. The molecule has 0 radical (unpaired) electrons. The van der Waals surface area contributed by atoms with Crippen molar-refractivity contribution >= 4 is 5.91 Å². The van der Waals surface area contributed by atoms with Gasteiger partial charge in [0.1, 0.15) is 11.5 Å². The molecule has 0 saturated carbocycles. The number of nitrogens with one attached hydrogen (secondary N) is 1. The molecule has 0 spiro atoms. The first kappa shape index (κ1) is 19.4. The van der Waals surface area contributed by atoms with Crippen molar-refractivity contribution in [2.75, 3.05) is 14.2 Å². The van der Waals surface area contributed by atoms with Crippen LogP contribution in [0.15, 0.2) is 61.1 Å². The molecule has 28 heavy (non-hydrogen) atoms. The lowest BCUT2D eigenvalue weighted by atomic mass is 10.1. The van der Waals surface area contributed by atoms with E-state index in [-0.39, 0.29) is 5.91 Å². The van der Waals surface area contributed by atoms with E-state index in [4.69, 9.17) is 9.47 Å². The van der Waals surface area contributed by atoms with Gasteiger partial charge >= 0.3 is 0 Å². The van der Waals surface area contributed by atoms with Gasteiger partial charge in [-0.25, -0.2) is 0 Å². The molecule has 0 bridgehead atoms. The molecule has 0 unspecified atom stereocenters. The first-order chi connectivity index (χ1) is 13.7. The number of methoxy groups -OCH3 is 2. The summed E-state index contributed by atoms with van der Waals surface area (Å²) in [5, 5.41) is 2.93. The van der Waals surface area contributed by atoms with Gasteiger partial charge < -0.3 is 14.8 Å². The van der Waals surface area contributed by atoms with E-state index in [2.05, 4.69) is 15.3 Å². The SMILES string of the molecule is COc1ccc(CCC(=O)NCc2ccc(-c3cccnc3)nc2)c(OC)c1. The second-order valence-corrected chi connectivity index (χ2v) is 6.25. The number of aromatic nitrogens is 2. The second kappa shape index (κ2) is 9.50. The van der Waals surface area contributed by atoms with Crippen LogP contribution < -0.4 is 14.8 Å². The van der Waals surface area contributed by atoms with Crippen LogP contribution in [0.4, 0.5) is 0 Å². The first-order valence-electron chi connectivity index (χ1n) is 9.02.